The highest BCUT2D eigenvalue weighted by atomic mass is 35.5. The van der Waals surface area contributed by atoms with Crippen molar-refractivity contribution in [3.05, 3.63) is 21.3 Å². The van der Waals surface area contributed by atoms with Gasteiger partial charge in [-0.3, -0.25) is 5.32 Å². The predicted molar refractivity (Wildman–Crippen MR) is 55.2 cm³/mol. The van der Waals surface area contributed by atoms with Gasteiger partial charge in [-0.05, 0) is 12.1 Å². The first-order chi connectivity index (χ1) is 6.92. The van der Waals surface area contributed by atoms with Gasteiger partial charge in [-0.2, -0.15) is 13.2 Å². The van der Waals surface area contributed by atoms with Gasteiger partial charge in [0.05, 0.1) is 16.9 Å². The SMILES string of the molecule is NCC(NCC(F)(F)F)c1ccc(Cl)s1. The van der Waals surface area contributed by atoms with E-state index >= 15 is 0 Å². The summed E-state index contributed by atoms with van der Waals surface area (Å²) in [6, 6.07) is 2.82. The molecule has 7 heteroatoms. The first kappa shape index (κ1) is 12.8. The Labute approximate surface area is 94.2 Å². The first-order valence-corrected chi connectivity index (χ1v) is 5.37. The van der Waals surface area contributed by atoms with Crippen molar-refractivity contribution >= 4 is 22.9 Å². The Morgan fingerprint density at radius 2 is 2.13 bits per heavy atom. The van der Waals surface area contributed by atoms with Crippen LogP contribution >= 0.6 is 22.9 Å². The smallest absolute Gasteiger partial charge is 0.329 e. The first-order valence-electron chi connectivity index (χ1n) is 4.18. The van der Waals surface area contributed by atoms with Gasteiger partial charge in [0.15, 0.2) is 0 Å². The molecule has 3 N–H and O–H groups in total. The molecule has 0 amide bonds. The summed E-state index contributed by atoms with van der Waals surface area (Å²) in [5.74, 6) is 0. The monoisotopic (exact) mass is 258 g/mol. The summed E-state index contributed by atoms with van der Waals surface area (Å²) in [6.07, 6.45) is -4.23. The minimum Gasteiger partial charge on any atom is -0.329 e. The third-order valence-corrected chi connectivity index (χ3v) is 3.07. The molecule has 1 atom stereocenters. The number of alkyl halides is 3. The van der Waals surface area contributed by atoms with Crippen molar-refractivity contribution < 1.29 is 13.2 Å². The zero-order valence-electron chi connectivity index (χ0n) is 7.64. The lowest BCUT2D eigenvalue weighted by molar-refractivity contribution is -0.126. The zero-order chi connectivity index (χ0) is 11.5. The van der Waals surface area contributed by atoms with E-state index in [-0.39, 0.29) is 6.54 Å². The molecule has 0 fully saturated rings. The Kier molecular flexibility index (Phi) is 4.39. The quantitative estimate of drug-likeness (QED) is 0.871. The number of rotatable bonds is 4. The molecule has 1 aromatic heterocycles. The number of nitrogens with one attached hydrogen (secondary N) is 1. The van der Waals surface area contributed by atoms with Crippen molar-refractivity contribution in [2.24, 2.45) is 5.73 Å². The van der Waals surface area contributed by atoms with Crippen LogP contribution in [-0.2, 0) is 0 Å². The van der Waals surface area contributed by atoms with E-state index < -0.39 is 18.8 Å². The minimum absolute atomic E-state index is 0.104. The van der Waals surface area contributed by atoms with E-state index in [1.807, 2.05) is 0 Å². The number of thiophene rings is 1. The zero-order valence-corrected chi connectivity index (χ0v) is 9.22. The molecule has 0 aliphatic rings. The summed E-state index contributed by atoms with van der Waals surface area (Å²) in [5.41, 5.74) is 5.38. The predicted octanol–water partition coefficient (Wildman–Crippen LogP) is 2.55. The molecule has 0 saturated carbocycles. The van der Waals surface area contributed by atoms with Crippen LogP contribution in [0.25, 0.3) is 0 Å². The summed E-state index contributed by atoms with van der Waals surface area (Å²) in [6.45, 7) is -0.947. The molecule has 0 spiro atoms. The van der Waals surface area contributed by atoms with E-state index in [2.05, 4.69) is 5.32 Å². The van der Waals surface area contributed by atoms with Crippen molar-refractivity contribution in [2.75, 3.05) is 13.1 Å². The maximum Gasteiger partial charge on any atom is 0.401 e. The van der Waals surface area contributed by atoms with Crippen LogP contribution in [0.15, 0.2) is 12.1 Å². The molecule has 1 heterocycles. The Bertz CT molecular complexity index is 313. The van der Waals surface area contributed by atoms with Gasteiger partial charge in [-0.1, -0.05) is 11.6 Å². The Hall–Kier alpha value is -0.300. The van der Waals surface area contributed by atoms with Crippen molar-refractivity contribution in [1.29, 1.82) is 0 Å². The molecule has 0 saturated heterocycles. The molecular weight excluding hydrogens is 249 g/mol. The van der Waals surface area contributed by atoms with Crippen LogP contribution in [0.2, 0.25) is 4.34 Å². The van der Waals surface area contributed by atoms with Crippen LogP contribution in [-0.4, -0.2) is 19.3 Å². The Balaban J connectivity index is 2.57. The van der Waals surface area contributed by atoms with Gasteiger partial charge in [0.25, 0.3) is 0 Å². The topological polar surface area (TPSA) is 38.0 Å². The fourth-order valence-electron chi connectivity index (χ4n) is 1.05. The highest BCUT2D eigenvalue weighted by molar-refractivity contribution is 7.16. The van der Waals surface area contributed by atoms with Gasteiger partial charge in [0, 0.05) is 11.4 Å². The van der Waals surface area contributed by atoms with Crippen LogP contribution < -0.4 is 11.1 Å². The summed E-state index contributed by atoms with van der Waals surface area (Å²) >= 11 is 6.91. The second-order valence-electron chi connectivity index (χ2n) is 2.93. The summed E-state index contributed by atoms with van der Waals surface area (Å²) < 4.78 is 36.4. The summed E-state index contributed by atoms with van der Waals surface area (Å²) in [4.78, 5) is 0.715. The molecule has 86 valence electrons. The molecule has 0 radical (unpaired) electrons. The number of hydrogen-bond donors (Lipinski definition) is 2. The molecule has 0 aliphatic carbocycles. The lowest BCUT2D eigenvalue weighted by Gasteiger charge is -2.16. The number of nitrogens with two attached hydrogens (primary N) is 1. The highest BCUT2D eigenvalue weighted by Gasteiger charge is 2.28. The van der Waals surface area contributed by atoms with Gasteiger partial charge in [0.1, 0.15) is 0 Å². The molecular formula is C8H10ClF3N2S. The second-order valence-corrected chi connectivity index (χ2v) is 4.67. The molecule has 0 aliphatic heterocycles. The average molecular weight is 259 g/mol. The van der Waals surface area contributed by atoms with Crippen LogP contribution in [0.4, 0.5) is 13.2 Å². The Morgan fingerprint density at radius 3 is 2.53 bits per heavy atom. The van der Waals surface area contributed by atoms with Gasteiger partial charge in [0.2, 0.25) is 0 Å². The fourth-order valence-corrected chi connectivity index (χ4v) is 2.20. The van der Waals surface area contributed by atoms with E-state index in [9.17, 15) is 13.2 Å². The standard InChI is InChI=1S/C8H10ClF3N2S/c9-7-2-1-6(15-7)5(3-13)14-4-8(10,11)12/h1-2,5,14H,3-4,13H2. The van der Waals surface area contributed by atoms with Crippen molar-refractivity contribution in [1.82, 2.24) is 5.32 Å². The summed E-state index contributed by atoms with van der Waals surface area (Å²) in [5, 5.41) is 2.34. The molecule has 0 aromatic carbocycles. The average Bonchev–Trinajstić information content (AvgIpc) is 2.51. The maximum atomic E-state index is 11.9. The minimum atomic E-state index is -4.23. The molecule has 15 heavy (non-hydrogen) atoms. The Morgan fingerprint density at radius 1 is 1.47 bits per heavy atom. The third-order valence-electron chi connectivity index (χ3n) is 1.72. The van der Waals surface area contributed by atoms with Crippen LogP contribution in [0, 0.1) is 0 Å². The van der Waals surface area contributed by atoms with Crippen molar-refractivity contribution in [2.45, 2.75) is 12.2 Å². The normalized spacial score (nSPS) is 14.2. The molecule has 1 aromatic rings. The molecule has 1 unspecified atom stereocenters. The lowest BCUT2D eigenvalue weighted by Crippen LogP contribution is -2.35. The van der Waals surface area contributed by atoms with Crippen LogP contribution in [0.5, 0.6) is 0 Å². The van der Waals surface area contributed by atoms with Crippen LogP contribution in [0.1, 0.15) is 10.9 Å². The van der Waals surface area contributed by atoms with Crippen LogP contribution in [0.3, 0.4) is 0 Å². The molecule has 2 nitrogen and oxygen atoms in total. The van der Waals surface area contributed by atoms with E-state index in [0.29, 0.717) is 9.21 Å². The highest BCUT2D eigenvalue weighted by Crippen LogP contribution is 2.27. The largest absolute Gasteiger partial charge is 0.401 e. The maximum absolute atomic E-state index is 11.9. The second kappa shape index (κ2) is 5.16. The van der Waals surface area contributed by atoms with Gasteiger partial charge in [-0.15, -0.1) is 11.3 Å². The summed E-state index contributed by atoms with van der Waals surface area (Å²) in [7, 11) is 0. The van der Waals surface area contributed by atoms with E-state index in [1.54, 1.807) is 12.1 Å². The number of halogens is 4. The van der Waals surface area contributed by atoms with Gasteiger partial charge < -0.3 is 5.73 Å². The van der Waals surface area contributed by atoms with E-state index in [1.165, 1.54) is 11.3 Å². The fraction of sp³-hybridized carbons (Fsp3) is 0.500. The molecule has 1 rings (SSSR count). The lowest BCUT2D eigenvalue weighted by atomic mass is 10.2. The van der Waals surface area contributed by atoms with E-state index in [0.717, 1.165) is 0 Å². The van der Waals surface area contributed by atoms with E-state index in [4.69, 9.17) is 17.3 Å². The van der Waals surface area contributed by atoms with Crippen molar-refractivity contribution in [3.8, 4) is 0 Å². The van der Waals surface area contributed by atoms with Gasteiger partial charge >= 0.3 is 6.18 Å². The third kappa shape index (κ3) is 4.38. The molecule has 0 bridgehead atoms. The number of hydrogen-bond acceptors (Lipinski definition) is 3. The van der Waals surface area contributed by atoms with Gasteiger partial charge in [-0.25, -0.2) is 0 Å². The van der Waals surface area contributed by atoms with Crippen molar-refractivity contribution in [3.63, 3.8) is 0 Å².